The van der Waals surface area contributed by atoms with Crippen LogP contribution in [0.4, 0.5) is 0 Å². The first-order chi connectivity index (χ1) is 10.2. The molecule has 5 heteroatoms. The van der Waals surface area contributed by atoms with Crippen LogP contribution in [0.15, 0.2) is 16.6 Å². The minimum absolute atomic E-state index is 0.765. The Labute approximate surface area is 135 Å². The molecule has 1 N–H and O–H groups in total. The summed E-state index contributed by atoms with van der Waals surface area (Å²) in [4.78, 5) is 2.51. The molecule has 0 aliphatic carbocycles. The number of ether oxygens (including phenoxy) is 2. The van der Waals surface area contributed by atoms with Crippen LogP contribution >= 0.6 is 15.9 Å². The van der Waals surface area contributed by atoms with E-state index in [0.717, 1.165) is 48.1 Å². The SMILES string of the molecule is CNCC1CCN(Cc2cc(OC)c(OC)cc2Br)CC1. The fourth-order valence-electron chi connectivity index (χ4n) is 2.90. The monoisotopic (exact) mass is 356 g/mol. The van der Waals surface area contributed by atoms with Crippen molar-refractivity contribution in [1.29, 1.82) is 0 Å². The number of hydrogen-bond donors (Lipinski definition) is 1. The Bertz CT molecular complexity index is 460. The molecule has 0 unspecified atom stereocenters. The highest BCUT2D eigenvalue weighted by Gasteiger charge is 2.20. The summed E-state index contributed by atoms with van der Waals surface area (Å²) in [7, 11) is 5.38. The second-order valence-corrected chi connectivity index (χ2v) is 6.43. The second kappa shape index (κ2) is 8.01. The summed E-state index contributed by atoms with van der Waals surface area (Å²) in [6, 6.07) is 4.06. The van der Waals surface area contributed by atoms with E-state index in [1.165, 1.54) is 18.4 Å². The molecule has 4 nitrogen and oxygen atoms in total. The topological polar surface area (TPSA) is 33.7 Å². The van der Waals surface area contributed by atoms with E-state index in [1.807, 2.05) is 13.1 Å². The maximum atomic E-state index is 5.40. The fourth-order valence-corrected chi connectivity index (χ4v) is 3.34. The molecule has 0 amide bonds. The zero-order valence-corrected chi connectivity index (χ0v) is 14.7. The van der Waals surface area contributed by atoms with Crippen molar-refractivity contribution < 1.29 is 9.47 Å². The zero-order valence-electron chi connectivity index (χ0n) is 13.1. The maximum absolute atomic E-state index is 5.40. The third-order valence-electron chi connectivity index (χ3n) is 4.15. The van der Waals surface area contributed by atoms with Crippen molar-refractivity contribution in [1.82, 2.24) is 10.2 Å². The van der Waals surface area contributed by atoms with Gasteiger partial charge >= 0.3 is 0 Å². The molecule has 1 saturated heterocycles. The van der Waals surface area contributed by atoms with Crippen molar-refractivity contribution >= 4 is 15.9 Å². The van der Waals surface area contributed by atoms with E-state index in [0.29, 0.717) is 0 Å². The fraction of sp³-hybridized carbons (Fsp3) is 0.625. The lowest BCUT2D eigenvalue weighted by atomic mass is 9.96. The third kappa shape index (κ3) is 4.34. The van der Waals surface area contributed by atoms with Gasteiger partial charge in [-0.15, -0.1) is 0 Å². The first kappa shape index (κ1) is 16.6. The number of halogens is 1. The van der Waals surface area contributed by atoms with Gasteiger partial charge in [0.2, 0.25) is 0 Å². The minimum Gasteiger partial charge on any atom is -0.493 e. The number of nitrogens with zero attached hydrogens (tertiary/aromatic N) is 1. The van der Waals surface area contributed by atoms with Gasteiger partial charge in [-0.2, -0.15) is 0 Å². The van der Waals surface area contributed by atoms with Crippen LogP contribution in [0.3, 0.4) is 0 Å². The van der Waals surface area contributed by atoms with Gasteiger partial charge in [0.1, 0.15) is 0 Å². The molecule has 0 bridgehead atoms. The van der Waals surface area contributed by atoms with Gasteiger partial charge in [-0.25, -0.2) is 0 Å². The Morgan fingerprint density at radius 3 is 2.38 bits per heavy atom. The highest BCUT2D eigenvalue weighted by molar-refractivity contribution is 9.10. The Hall–Kier alpha value is -0.780. The summed E-state index contributed by atoms with van der Waals surface area (Å²) in [5, 5.41) is 3.28. The average Bonchev–Trinajstić information content (AvgIpc) is 2.51. The summed E-state index contributed by atoms with van der Waals surface area (Å²) < 4.78 is 11.8. The smallest absolute Gasteiger partial charge is 0.161 e. The second-order valence-electron chi connectivity index (χ2n) is 5.58. The molecule has 0 radical (unpaired) electrons. The van der Waals surface area contributed by atoms with Crippen molar-refractivity contribution in [3.8, 4) is 11.5 Å². The molecular weight excluding hydrogens is 332 g/mol. The molecule has 2 rings (SSSR count). The van der Waals surface area contributed by atoms with Crippen LogP contribution in [-0.4, -0.2) is 45.8 Å². The molecule has 0 spiro atoms. The lowest BCUT2D eigenvalue weighted by molar-refractivity contribution is 0.176. The predicted molar refractivity (Wildman–Crippen MR) is 89.2 cm³/mol. The van der Waals surface area contributed by atoms with Crippen molar-refractivity contribution in [2.24, 2.45) is 5.92 Å². The van der Waals surface area contributed by atoms with Crippen molar-refractivity contribution in [3.63, 3.8) is 0 Å². The van der Waals surface area contributed by atoms with Crippen LogP contribution in [0.1, 0.15) is 18.4 Å². The van der Waals surface area contributed by atoms with Crippen molar-refractivity contribution in [3.05, 3.63) is 22.2 Å². The Morgan fingerprint density at radius 2 is 1.81 bits per heavy atom. The van der Waals surface area contributed by atoms with Crippen LogP contribution in [-0.2, 0) is 6.54 Å². The number of hydrogen-bond acceptors (Lipinski definition) is 4. The zero-order chi connectivity index (χ0) is 15.2. The molecule has 1 aromatic carbocycles. The lowest BCUT2D eigenvalue weighted by Gasteiger charge is -2.32. The summed E-state index contributed by atoms with van der Waals surface area (Å²) in [6.07, 6.45) is 2.54. The maximum Gasteiger partial charge on any atom is 0.161 e. The molecule has 1 aliphatic rings. The molecule has 0 aromatic heterocycles. The highest BCUT2D eigenvalue weighted by Crippen LogP contribution is 2.34. The van der Waals surface area contributed by atoms with Gasteiger partial charge in [0.25, 0.3) is 0 Å². The molecule has 1 fully saturated rings. The highest BCUT2D eigenvalue weighted by atomic mass is 79.9. The van der Waals surface area contributed by atoms with Gasteiger partial charge < -0.3 is 14.8 Å². The summed E-state index contributed by atoms with van der Waals surface area (Å²) in [5.74, 6) is 2.38. The van der Waals surface area contributed by atoms with Crippen molar-refractivity contribution in [2.45, 2.75) is 19.4 Å². The lowest BCUT2D eigenvalue weighted by Crippen LogP contribution is -2.36. The normalized spacial score (nSPS) is 17.0. The van der Waals surface area contributed by atoms with E-state index >= 15 is 0 Å². The minimum atomic E-state index is 0.765. The van der Waals surface area contributed by atoms with E-state index in [9.17, 15) is 0 Å². The van der Waals surface area contributed by atoms with E-state index in [1.54, 1.807) is 14.2 Å². The van der Waals surface area contributed by atoms with E-state index in [4.69, 9.17) is 9.47 Å². The van der Waals surface area contributed by atoms with Crippen LogP contribution in [0.2, 0.25) is 0 Å². The summed E-state index contributed by atoms with van der Waals surface area (Å²) in [6.45, 7) is 4.40. The van der Waals surface area contributed by atoms with Gasteiger partial charge in [-0.1, -0.05) is 15.9 Å². The van der Waals surface area contributed by atoms with E-state index in [-0.39, 0.29) is 0 Å². The number of nitrogens with one attached hydrogen (secondary N) is 1. The van der Waals surface area contributed by atoms with Crippen LogP contribution in [0.25, 0.3) is 0 Å². The Kier molecular flexibility index (Phi) is 6.33. The predicted octanol–water partition coefficient (Wildman–Crippen LogP) is 2.90. The number of benzene rings is 1. The number of methoxy groups -OCH3 is 2. The van der Waals surface area contributed by atoms with E-state index < -0.39 is 0 Å². The van der Waals surface area contributed by atoms with Gasteiger partial charge in [0, 0.05) is 11.0 Å². The molecule has 1 heterocycles. The van der Waals surface area contributed by atoms with E-state index in [2.05, 4.69) is 32.2 Å². The average molecular weight is 357 g/mol. The quantitative estimate of drug-likeness (QED) is 0.849. The van der Waals surface area contributed by atoms with Crippen LogP contribution in [0, 0.1) is 5.92 Å². The number of rotatable bonds is 6. The molecule has 0 saturated carbocycles. The van der Waals surface area contributed by atoms with Gasteiger partial charge in [-0.3, -0.25) is 4.90 Å². The Balaban J connectivity index is 2.00. The molecule has 21 heavy (non-hydrogen) atoms. The number of likely N-dealkylation sites (tertiary alicyclic amines) is 1. The largest absolute Gasteiger partial charge is 0.493 e. The van der Waals surface area contributed by atoms with Crippen LogP contribution < -0.4 is 14.8 Å². The molecule has 118 valence electrons. The van der Waals surface area contributed by atoms with Gasteiger partial charge in [-0.05, 0) is 63.1 Å². The van der Waals surface area contributed by atoms with Crippen LogP contribution in [0.5, 0.6) is 11.5 Å². The molecule has 1 aromatic rings. The number of piperidine rings is 1. The third-order valence-corrected chi connectivity index (χ3v) is 4.88. The first-order valence-corrected chi connectivity index (χ1v) is 8.24. The molecule has 1 aliphatic heterocycles. The first-order valence-electron chi connectivity index (χ1n) is 7.45. The molecule has 0 atom stereocenters. The van der Waals surface area contributed by atoms with Gasteiger partial charge in [0.05, 0.1) is 14.2 Å². The standard InChI is InChI=1S/C16H25BrN2O2/c1-18-10-12-4-6-19(7-5-12)11-13-8-15(20-2)16(21-3)9-14(13)17/h8-9,12,18H,4-7,10-11H2,1-3H3. The Morgan fingerprint density at radius 1 is 1.19 bits per heavy atom. The van der Waals surface area contributed by atoms with Crippen molar-refractivity contribution in [2.75, 3.05) is 40.9 Å². The molecular formula is C16H25BrN2O2. The van der Waals surface area contributed by atoms with Gasteiger partial charge in [0.15, 0.2) is 11.5 Å². The summed E-state index contributed by atoms with van der Waals surface area (Å²) >= 11 is 3.64. The summed E-state index contributed by atoms with van der Waals surface area (Å²) in [5.41, 5.74) is 1.25.